The highest BCUT2D eigenvalue weighted by Crippen LogP contribution is 2.27. The average molecular weight is 254 g/mol. The molecule has 98 valence electrons. The van der Waals surface area contributed by atoms with E-state index in [1.54, 1.807) is 18.2 Å². The van der Waals surface area contributed by atoms with Crippen LogP contribution in [0, 0.1) is 0 Å². The maximum atomic E-state index is 11.1. The van der Waals surface area contributed by atoms with Crippen LogP contribution in [0.3, 0.4) is 0 Å². The summed E-state index contributed by atoms with van der Waals surface area (Å²) in [5.74, 6) is -0.979. The maximum Gasteiger partial charge on any atom is 0.417 e. The summed E-state index contributed by atoms with van der Waals surface area (Å²) in [6, 6.07) is 5.04. The molecule has 0 radical (unpaired) electrons. The van der Waals surface area contributed by atoms with Crippen molar-refractivity contribution in [2.75, 3.05) is 21.3 Å². The van der Waals surface area contributed by atoms with E-state index in [0.717, 1.165) is 7.11 Å². The highest BCUT2D eigenvalue weighted by molar-refractivity contribution is 6.29. The number of esters is 2. The Morgan fingerprint density at radius 3 is 2.22 bits per heavy atom. The number of carbonyl (C=O) groups excluding carboxylic acids is 2. The highest BCUT2D eigenvalue weighted by Gasteiger charge is 2.15. The Balaban J connectivity index is 2.68. The minimum atomic E-state index is -1.03. The predicted octanol–water partition coefficient (Wildman–Crippen LogP) is 0.920. The predicted molar refractivity (Wildman–Crippen MR) is 61.4 cm³/mol. The molecule has 0 spiro atoms. The van der Waals surface area contributed by atoms with Crippen molar-refractivity contribution in [2.24, 2.45) is 0 Å². The van der Waals surface area contributed by atoms with Crippen molar-refractivity contribution in [2.45, 2.75) is 6.61 Å². The molecule has 0 heterocycles. The third-order valence-corrected chi connectivity index (χ3v) is 2.17. The molecule has 1 aromatic carbocycles. The summed E-state index contributed by atoms with van der Waals surface area (Å²) in [6.07, 6.45) is 0. The van der Waals surface area contributed by atoms with Crippen LogP contribution in [0.5, 0.6) is 11.5 Å². The van der Waals surface area contributed by atoms with Crippen LogP contribution in [0.4, 0.5) is 0 Å². The molecule has 6 nitrogen and oxygen atoms in total. The number of carbonyl (C=O) groups is 2. The Morgan fingerprint density at radius 1 is 1.00 bits per heavy atom. The molecule has 0 fully saturated rings. The molecule has 0 N–H and O–H groups in total. The monoisotopic (exact) mass is 254 g/mol. The Labute approximate surface area is 104 Å². The second-order valence-electron chi connectivity index (χ2n) is 3.26. The summed E-state index contributed by atoms with van der Waals surface area (Å²) < 4.78 is 19.1. The minimum absolute atomic E-state index is 0.0473. The molecule has 0 atom stereocenters. The Kier molecular flexibility index (Phi) is 4.98. The van der Waals surface area contributed by atoms with Crippen LogP contribution >= 0.6 is 0 Å². The zero-order valence-electron chi connectivity index (χ0n) is 10.4. The average Bonchev–Trinajstić information content (AvgIpc) is 2.43. The van der Waals surface area contributed by atoms with Gasteiger partial charge in [-0.3, -0.25) is 0 Å². The van der Waals surface area contributed by atoms with Gasteiger partial charge in [-0.05, 0) is 17.7 Å². The fourth-order valence-electron chi connectivity index (χ4n) is 1.26. The zero-order chi connectivity index (χ0) is 13.5. The van der Waals surface area contributed by atoms with Crippen LogP contribution in [0.15, 0.2) is 18.2 Å². The first-order valence-electron chi connectivity index (χ1n) is 5.08. The van der Waals surface area contributed by atoms with E-state index in [1.807, 2.05) is 0 Å². The molecule has 0 aliphatic rings. The standard InChI is InChI=1S/C12H14O6/c1-15-9-5-4-8(6-10(9)16-2)7-18-12(14)11(13)17-3/h4-6H,7H2,1-3H3. The second kappa shape index (κ2) is 6.48. The summed E-state index contributed by atoms with van der Waals surface area (Å²) >= 11 is 0. The molecule has 0 saturated carbocycles. The maximum absolute atomic E-state index is 11.1. The Hall–Kier alpha value is -2.24. The number of methoxy groups -OCH3 is 3. The molecule has 0 amide bonds. The summed E-state index contributed by atoms with van der Waals surface area (Å²) in [5.41, 5.74) is 0.671. The largest absolute Gasteiger partial charge is 0.493 e. The highest BCUT2D eigenvalue weighted by atomic mass is 16.6. The van der Waals surface area contributed by atoms with Crippen LogP contribution in [0.2, 0.25) is 0 Å². The number of benzene rings is 1. The molecule has 0 aromatic heterocycles. The van der Waals surface area contributed by atoms with E-state index < -0.39 is 11.9 Å². The van der Waals surface area contributed by atoms with E-state index in [0.29, 0.717) is 17.1 Å². The van der Waals surface area contributed by atoms with Crippen LogP contribution < -0.4 is 9.47 Å². The van der Waals surface area contributed by atoms with Crippen molar-refractivity contribution in [3.63, 3.8) is 0 Å². The lowest BCUT2D eigenvalue weighted by Gasteiger charge is -2.09. The molecule has 0 aliphatic carbocycles. The van der Waals surface area contributed by atoms with Gasteiger partial charge in [-0.25, -0.2) is 9.59 Å². The van der Waals surface area contributed by atoms with Gasteiger partial charge in [0.15, 0.2) is 11.5 Å². The molecule has 18 heavy (non-hydrogen) atoms. The van der Waals surface area contributed by atoms with Gasteiger partial charge in [-0.2, -0.15) is 0 Å². The van der Waals surface area contributed by atoms with Gasteiger partial charge in [-0.1, -0.05) is 6.07 Å². The molecule has 1 rings (SSSR count). The third kappa shape index (κ3) is 3.38. The number of hydrogen-bond donors (Lipinski definition) is 0. The van der Waals surface area contributed by atoms with Gasteiger partial charge in [0.2, 0.25) is 0 Å². The van der Waals surface area contributed by atoms with Crippen molar-refractivity contribution in [3.05, 3.63) is 23.8 Å². The van der Waals surface area contributed by atoms with Gasteiger partial charge in [0, 0.05) is 0 Å². The van der Waals surface area contributed by atoms with Crippen molar-refractivity contribution < 1.29 is 28.5 Å². The molecule has 6 heteroatoms. The lowest BCUT2D eigenvalue weighted by Crippen LogP contribution is -2.18. The number of ether oxygens (including phenoxy) is 4. The van der Waals surface area contributed by atoms with Gasteiger partial charge in [0.1, 0.15) is 6.61 Å². The van der Waals surface area contributed by atoms with Crippen LogP contribution in [-0.2, 0) is 25.7 Å². The molecule has 0 bridgehead atoms. The normalized spacial score (nSPS) is 9.50. The zero-order valence-corrected chi connectivity index (χ0v) is 10.4. The van der Waals surface area contributed by atoms with E-state index in [9.17, 15) is 9.59 Å². The molecule has 0 saturated heterocycles. The fraction of sp³-hybridized carbons (Fsp3) is 0.333. The van der Waals surface area contributed by atoms with Crippen molar-refractivity contribution in [1.82, 2.24) is 0 Å². The first-order valence-corrected chi connectivity index (χ1v) is 5.08. The van der Waals surface area contributed by atoms with Crippen LogP contribution in [-0.4, -0.2) is 33.3 Å². The van der Waals surface area contributed by atoms with E-state index in [2.05, 4.69) is 4.74 Å². The molecule has 0 aliphatic heterocycles. The fourth-order valence-corrected chi connectivity index (χ4v) is 1.26. The third-order valence-electron chi connectivity index (χ3n) is 2.17. The lowest BCUT2D eigenvalue weighted by molar-refractivity contribution is -0.166. The van der Waals surface area contributed by atoms with Crippen molar-refractivity contribution in [3.8, 4) is 11.5 Å². The molecule has 0 unspecified atom stereocenters. The number of hydrogen-bond acceptors (Lipinski definition) is 6. The van der Waals surface area contributed by atoms with Crippen molar-refractivity contribution in [1.29, 1.82) is 0 Å². The SMILES string of the molecule is COC(=O)C(=O)OCc1ccc(OC)c(OC)c1. The summed E-state index contributed by atoms with van der Waals surface area (Å²) in [7, 11) is 4.14. The summed E-state index contributed by atoms with van der Waals surface area (Å²) in [4.78, 5) is 21.9. The molecular formula is C12H14O6. The van der Waals surface area contributed by atoms with E-state index in [1.165, 1.54) is 14.2 Å². The summed E-state index contributed by atoms with van der Waals surface area (Å²) in [5, 5.41) is 0. The lowest BCUT2D eigenvalue weighted by atomic mass is 10.2. The quantitative estimate of drug-likeness (QED) is 0.587. The van der Waals surface area contributed by atoms with Gasteiger partial charge in [0.05, 0.1) is 21.3 Å². The first-order chi connectivity index (χ1) is 8.62. The van der Waals surface area contributed by atoms with Gasteiger partial charge < -0.3 is 18.9 Å². The smallest absolute Gasteiger partial charge is 0.417 e. The van der Waals surface area contributed by atoms with E-state index >= 15 is 0 Å². The van der Waals surface area contributed by atoms with Crippen LogP contribution in [0.1, 0.15) is 5.56 Å². The van der Waals surface area contributed by atoms with Crippen molar-refractivity contribution >= 4 is 11.9 Å². The minimum Gasteiger partial charge on any atom is -0.493 e. The Morgan fingerprint density at radius 2 is 1.67 bits per heavy atom. The van der Waals surface area contributed by atoms with E-state index in [-0.39, 0.29) is 6.61 Å². The van der Waals surface area contributed by atoms with Gasteiger partial charge in [0.25, 0.3) is 0 Å². The Bertz CT molecular complexity index is 440. The number of rotatable bonds is 4. The summed E-state index contributed by atoms with van der Waals surface area (Å²) in [6.45, 7) is -0.0473. The molecule has 1 aromatic rings. The first kappa shape index (κ1) is 13.8. The van der Waals surface area contributed by atoms with Crippen LogP contribution in [0.25, 0.3) is 0 Å². The topological polar surface area (TPSA) is 71.1 Å². The van der Waals surface area contributed by atoms with E-state index in [4.69, 9.17) is 14.2 Å². The van der Waals surface area contributed by atoms with Gasteiger partial charge in [-0.15, -0.1) is 0 Å². The molecular weight excluding hydrogens is 240 g/mol. The van der Waals surface area contributed by atoms with Gasteiger partial charge >= 0.3 is 11.9 Å². The second-order valence-corrected chi connectivity index (χ2v) is 3.26.